The molecule has 1 atom stereocenters. The summed E-state index contributed by atoms with van der Waals surface area (Å²) in [5.41, 5.74) is 1.90. The molecule has 0 aliphatic carbocycles. The fourth-order valence-electron chi connectivity index (χ4n) is 3.64. The summed E-state index contributed by atoms with van der Waals surface area (Å²) in [4.78, 5) is 35.4. The second-order valence-electron chi connectivity index (χ2n) is 6.97. The minimum Gasteiger partial charge on any atom is -0.497 e. The van der Waals surface area contributed by atoms with E-state index in [9.17, 15) is 9.59 Å². The molecule has 0 spiro atoms. The number of pyridine rings is 1. The zero-order valence-corrected chi connectivity index (χ0v) is 18.8. The zero-order valence-electron chi connectivity index (χ0n) is 18.0. The third-order valence-electron chi connectivity index (χ3n) is 5.14. The van der Waals surface area contributed by atoms with Crippen molar-refractivity contribution in [3.63, 3.8) is 0 Å². The van der Waals surface area contributed by atoms with Gasteiger partial charge in [0.15, 0.2) is 4.80 Å². The van der Waals surface area contributed by atoms with Gasteiger partial charge in [0.1, 0.15) is 17.5 Å². The molecule has 9 heteroatoms. The van der Waals surface area contributed by atoms with Crippen molar-refractivity contribution in [1.82, 2.24) is 9.55 Å². The van der Waals surface area contributed by atoms with Gasteiger partial charge in [-0.15, -0.1) is 0 Å². The van der Waals surface area contributed by atoms with Crippen LogP contribution in [0.4, 0.5) is 0 Å². The molecule has 1 aliphatic heterocycles. The minimum atomic E-state index is -0.768. The van der Waals surface area contributed by atoms with Gasteiger partial charge < -0.3 is 14.2 Å². The fraction of sp³-hybridized carbons (Fsp3) is 0.217. The monoisotopic (exact) mass is 451 g/mol. The predicted octanol–water partition coefficient (Wildman–Crippen LogP) is 1.82. The number of hydrogen-bond acceptors (Lipinski definition) is 8. The lowest BCUT2D eigenvalue weighted by atomic mass is 9.95. The van der Waals surface area contributed by atoms with Crippen LogP contribution in [0, 0.1) is 0 Å². The van der Waals surface area contributed by atoms with Crippen molar-refractivity contribution in [2.45, 2.75) is 13.0 Å². The summed E-state index contributed by atoms with van der Waals surface area (Å²) < 4.78 is 17.9. The van der Waals surface area contributed by atoms with Crippen LogP contribution in [0.1, 0.15) is 24.1 Å². The van der Waals surface area contributed by atoms with Gasteiger partial charge in [-0.1, -0.05) is 17.4 Å². The molecule has 0 radical (unpaired) electrons. The number of thiazole rings is 1. The van der Waals surface area contributed by atoms with Crippen LogP contribution in [0.2, 0.25) is 0 Å². The van der Waals surface area contributed by atoms with Crippen molar-refractivity contribution in [3.05, 3.63) is 84.8 Å². The van der Waals surface area contributed by atoms with E-state index in [4.69, 9.17) is 14.2 Å². The molecular weight excluding hydrogens is 430 g/mol. The molecule has 3 heterocycles. The van der Waals surface area contributed by atoms with Gasteiger partial charge >= 0.3 is 5.97 Å². The number of carbonyl (C=O) groups excluding carboxylic acids is 1. The summed E-state index contributed by atoms with van der Waals surface area (Å²) in [5.74, 6) is 0.512. The first-order chi connectivity index (χ1) is 15.5. The highest BCUT2D eigenvalue weighted by molar-refractivity contribution is 7.07. The number of hydrogen-bond donors (Lipinski definition) is 0. The summed E-state index contributed by atoms with van der Waals surface area (Å²) in [6.45, 7) is 1.73. The maximum absolute atomic E-state index is 13.5. The number of nitrogens with zero attached hydrogens (tertiary/aromatic N) is 3. The molecule has 0 bridgehead atoms. The number of rotatable bonds is 5. The number of benzene rings is 1. The van der Waals surface area contributed by atoms with E-state index >= 15 is 0 Å². The van der Waals surface area contributed by atoms with Crippen LogP contribution in [0.15, 0.2) is 63.8 Å². The van der Waals surface area contributed by atoms with Gasteiger partial charge in [-0.05, 0) is 36.8 Å². The van der Waals surface area contributed by atoms with Gasteiger partial charge in [0.25, 0.3) is 5.56 Å². The maximum atomic E-state index is 13.5. The third-order valence-corrected chi connectivity index (χ3v) is 6.13. The van der Waals surface area contributed by atoms with E-state index in [1.807, 2.05) is 6.07 Å². The topological polar surface area (TPSA) is 92.0 Å². The van der Waals surface area contributed by atoms with Gasteiger partial charge in [-0.2, -0.15) is 0 Å². The summed E-state index contributed by atoms with van der Waals surface area (Å²) >= 11 is 1.25. The molecule has 0 N–H and O–H groups in total. The molecule has 0 saturated heterocycles. The van der Waals surface area contributed by atoms with Crippen molar-refractivity contribution in [2.75, 3.05) is 21.3 Å². The van der Waals surface area contributed by atoms with E-state index < -0.39 is 12.0 Å². The fourth-order valence-corrected chi connectivity index (χ4v) is 4.69. The second-order valence-corrected chi connectivity index (χ2v) is 7.98. The van der Waals surface area contributed by atoms with Crippen molar-refractivity contribution in [2.24, 2.45) is 4.99 Å². The average molecular weight is 452 g/mol. The number of fused-ring (bicyclic) bond motifs is 1. The molecule has 32 heavy (non-hydrogen) atoms. The Morgan fingerprint density at radius 1 is 1.19 bits per heavy atom. The lowest BCUT2D eigenvalue weighted by Crippen LogP contribution is -2.40. The van der Waals surface area contributed by atoms with Crippen LogP contribution in [-0.2, 0) is 9.53 Å². The molecule has 4 rings (SSSR count). The van der Waals surface area contributed by atoms with Crippen LogP contribution >= 0.6 is 11.3 Å². The molecule has 2 aromatic heterocycles. The predicted molar refractivity (Wildman–Crippen MR) is 120 cm³/mol. The number of ether oxygens (including phenoxy) is 3. The third kappa shape index (κ3) is 3.71. The molecule has 3 aromatic rings. The van der Waals surface area contributed by atoms with E-state index in [2.05, 4.69) is 9.98 Å². The van der Waals surface area contributed by atoms with Crippen LogP contribution in [0.5, 0.6) is 11.5 Å². The Bertz CT molecular complexity index is 1390. The molecule has 1 aliphatic rings. The van der Waals surface area contributed by atoms with E-state index in [0.29, 0.717) is 32.1 Å². The van der Waals surface area contributed by atoms with Crippen molar-refractivity contribution in [1.29, 1.82) is 0 Å². The first-order valence-corrected chi connectivity index (χ1v) is 10.5. The molecule has 164 valence electrons. The highest BCUT2D eigenvalue weighted by Gasteiger charge is 2.35. The highest BCUT2D eigenvalue weighted by Crippen LogP contribution is 2.37. The summed E-state index contributed by atoms with van der Waals surface area (Å²) in [6.07, 6.45) is 5.10. The quantitative estimate of drug-likeness (QED) is 0.550. The van der Waals surface area contributed by atoms with Crippen molar-refractivity contribution < 1.29 is 19.0 Å². The molecule has 1 aromatic carbocycles. The van der Waals surface area contributed by atoms with Gasteiger partial charge in [-0.3, -0.25) is 14.3 Å². The SMILES string of the molecule is COC(=O)C1=C(C)N=c2s/c(=C/c3cccnc3)c(=O)n2C1c1ccc(OC)cc1OC. The number of carbonyl (C=O) groups is 1. The summed E-state index contributed by atoms with van der Waals surface area (Å²) in [7, 11) is 4.39. The van der Waals surface area contributed by atoms with Gasteiger partial charge in [0, 0.05) is 24.0 Å². The number of methoxy groups -OCH3 is 3. The van der Waals surface area contributed by atoms with Crippen LogP contribution in [0.3, 0.4) is 0 Å². The van der Waals surface area contributed by atoms with Gasteiger partial charge in [0.2, 0.25) is 0 Å². The Morgan fingerprint density at radius 2 is 2.00 bits per heavy atom. The van der Waals surface area contributed by atoms with E-state index in [-0.39, 0.29) is 11.1 Å². The second kappa shape index (κ2) is 8.80. The van der Waals surface area contributed by atoms with E-state index in [0.717, 1.165) is 5.56 Å². The lowest BCUT2D eigenvalue weighted by Gasteiger charge is -2.25. The summed E-state index contributed by atoms with van der Waals surface area (Å²) in [5, 5.41) is 0. The molecular formula is C23H21N3O5S. The van der Waals surface area contributed by atoms with Crippen LogP contribution in [0.25, 0.3) is 6.08 Å². The number of esters is 1. The first kappa shape index (κ1) is 21.5. The molecule has 0 amide bonds. The Morgan fingerprint density at radius 3 is 2.66 bits per heavy atom. The smallest absolute Gasteiger partial charge is 0.338 e. The number of aromatic nitrogens is 2. The minimum absolute atomic E-state index is 0.269. The Balaban J connectivity index is 2.01. The Labute approximate surface area is 187 Å². The van der Waals surface area contributed by atoms with Crippen LogP contribution < -0.4 is 24.4 Å². The van der Waals surface area contributed by atoms with Crippen molar-refractivity contribution in [3.8, 4) is 11.5 Å². The molecule has 1 unspecified atom stereocenters. The largest absolute Gasteiger partial charge is 0.497 e. The Kier molecular flexibility index (Phi) is 5.91. The normalized spacial score (nSPS) is 15.8. The Hall–Kier alpha value is -3.72. The zero-order chi connectivity index (χ0) is 22.8. The molecule has 0 fully saturated rings. The molecule has 8 nitrogen and oxygen atoms in total. The first-order valence-electron chi connectivity index (χ1n) is 9.71. The lowest BCUT2D eigenvalue weighted by molar-refractivity contribution is -0.136. The van der Waals surface area contributed by atoms with Crippen molar-refractivity contribution >= 4 is 23.4 Å². The van der Waals surface area contributed by atoms with Gasteiger partial charge in [0.05, 0.1) is 37.1 Å². The summed E-state index contributed by atoms with van der Waals surface area (Å²) in [6, 6.07) is 8.14. The van der Waals surface area contributed by atoms with E-state index in [1.165, 1.54) is 30.1 Å². The van der Waals surface area contributed by atoms with Gasteiger partial charge in [-0.25, -0.2) is 9.79 Å². The molecule has 0 saturated carbocycles. The maximum Gasteiger partial charge on any atom is 0.338 e. The highest BCUT2D eigenvalue weighted by atomic mass is 32.1. The van der Waals surface area contributed by atoms with E-state index in [1.54, 1.807) is 56.8 Å². The average Bonchev–Trinajstić information content (AvgIpc) is 3.12. The van der Waals surface area contributed by atoms with Crippen LogP contribution in [-0.4, -0.2) is 36.8 Å². The number of allylic oxidation sites excluding steroid dienone is 1. The standard InChI is InChI=1S/C23H21N3O5S/c1-13-19(22(28)31-4)20(16-8-7-15(29-2)11-17(16)30-3)26-21(27)18(32-23(26)25-13)10-14-6-5-9-24-12-14/h5-12,20H,1-4H3/b18-10+.